The number of hydrogen-bond acceptors (Lipinski definition) is 4. The number of para-hydroxylation sites is 8. The maximum Gasteiger partial charge on any atom is 0.0709 e. The molecular formula is C75H60N4. The first kappa shape index (κ1) is 49.7. The van der Waals surface area contributed by atoms with Gasteiger partial charge < -0.3 is 19.6 Å². The number of benzene rings is 12. The van der Waals surface area contributed by atoms with Gasteiger partial charge in [0.15, 0.2) is 0 Å². The molecule has 0 bridgehead atoms. The van der Waals surface area contributed by atoms with Crippen molar-refractivity contribution >= 4 is 68.2 Å². The van der Waals surface area contributed by atoms with Gasteiger partial charge in [0.25, 0.3) is 0 Å². The normalized spacial score (nSPS) is 11.2. The summed E-state index contributed by atoms with van der Waals surface area (Å²) < 4.78 is 0. The summed E-state index contributed by atoms with van der Waals surface area (Å²) in [5, 5.41) is 0. The molecule has 0 spiro atoms. The monoisotopic (exact) mass is 1020 g/mol. The number of hydrogen-bond donors (Lipinski definition) is 0. The lowest BCUT2D eigenvalue weighted by Gasteiger charge is -2.42. The van der Waals surface area contributed by atoms with E-state index in [0.29, 0.717) is 0 Å². The van der Waals surface area contributed by atoms with Crippen molar-refractivity contribution in [1.29, 1.82) is 0 Å². The van der Waals surface area contributed by atoms with E-state index in [4.69, 9.17) is 0 Å². The van der Waals surface area contributed by atoms with Gasteiger partial charge >= 0.3 is 0 Å². The van der Waals surface area contributed by atoms with Crippen LogP contribution in [0.1, 0.15) is 33.4 Å². The second-order valence-corrected chi connectivity index (χ2v) is 19.9. The molecule has 0 heterocycles. The highest BCUT2D eigenvalue weighted by Gasteiger charge is 2.43. The highest BCUT2D eigenvalue weighted by molar-refractivity contribution is 5.88. The molecule has 4 heteroatoms. The van der Waals surface area contributed by atoms with E-state index in [2.05, 4.69) is 361 Å². The predicted molar refractivity (Wildman–Crippen MR) is 333 cm³/mol. The van der Waals surface area contributed by atoms with Crippen molar-refractivity contribution in [3.8, 4) is 0 Å². The largest absolute Gasteiger partial charge is 0.310 e. The summed E-state index contributed by atoms with van der Waals surface area (Å²) in [6, 6.07) is 119. The van der Waals surface area contributed by atoms with Crippen molar-refractivity contribution in [2.45, 2.75) is 19.3 Å². The van der Waals surface area contributed by atoms with Crippen LogP contribution in [0, 0.1) is 13.8 Å². The first-order valence-corrected chi connectivity index (χ1v) is 27.1. The maximum absolute atomic E-state index is 2.46. The summed E-state index contributed by atoms with van der Waals surface area (Å²) in [6.07, 6.45) is 0. The molecular weight excluding hydrogens is 957 g/mol. The van der Waals surface area contributed by atoms with Gasteiger partial charge in [-0.3, -0.25) is 0 Å². The minimum atomic E-state index is -0.984. The van der Waals surface area contributed by atoms with E-state index >= 15 is 0 Å². The second kappa shape index (κ2) is 22.6. The first-order chi connectivity index (χ1) is 39.0. The fraction of sp³-hybridized carbons (Fsp3) is 0.0400. The van der Waals surface area contributed by atoms with E-state index in [-0.39, 0.29) is 0 Å². The van der Waals surface area contributed by atoms with Gasteiger partial charge in [0.2, 0.25) is 0 Å². The quantitative estimate of drug-likeness (QED) is 0.0894. The number of nitrogens with zero attached hydrogens (tertiary/aromatic N) is 4. The smallest absolute Gasteiger partial charge is 0.0709 e. The summed E-state index contributed by atoms with van der Waals surface area (Å²) in [5.74, 6) is 0. The minimum absolute atomic E-state index is 0.984. The summed E-state index contributed by atoms with van der Waals surface area (Å²) >= 11 is 0. The van der Waals surface area contributed by atoms with Crippen LogP contribution in [0.2, 0.25) is 0 Å². The van der Waals surface area contributed by atoms with Gasteiger partial charge in [0.05, 0.1) is 5.41 Å². The van der Waals surface area contributed by atoms with Gasteiger partial charge in [-0.05, 0) is 181 Å². The average molecular weight is 1020 g/mol. The molecule has 0 N–H and O–H groups in total. The van der Waals surface area contributed by atoms with Gasteiger partial charge in [-0.25, -0.2) is 0 Å². The van der Waals surface area contributed by atoms with Crippen LogP contribution in [-0.2, 0) is 5.41 Å². The Morgan fingerprint density at radius 2 is 0.367 bits per heavy atom. The molecule has 4 nitrogen and oxygen atoms in total. The highest BCUT2D eigenvalue weighted by Crippen LogP contribution is 2.54. The summed E-state index contributed by atoms with van der Waals surface area (Å²) in [4.78, 5) is 9.62. The van der Waals surface area contributed by atoms with E-state index in [9.17, 15) is 0 Å². The van der Waals surface area contributed by atoms with Crippen LogP contribution in [0.5, 0.6) is 0 Å². The Labute approximate surface area is 465 Å². The predicted octanol–water partition coefficient (Wildman–Crippen LogP) is 20.6. The van der Waals surface area contributed by atoms with Crippen molar-refractivity contribution in [1.82, 2.24) is 0 Å². The molecule has 0 aliphatic carbocycles. The molecule has 0 unspecified atom stereocenters. The molecule has 0 fully saturated rings. The van der Waals surface area contributed by atoms with Crippen LogP contribution in [0.25, 0.3) is 0 Å². The van der Waals surface area contributed by atoms with Crippen LogP contribution in [0.15, 0.2) is 328 Å². The number of aryl methyl sites for hydroxylation is 2. The third kappa shape index (κ3) is 9.96. The summed E-state index contributed by atoms with van der Waals surface area (Å²) in [7, 11) is 0. The molecule has 380 valence electrons. The zero-order valence-corrected chi connectivity index (χ0v) is 44.5. The van der Waals surface area contributed by atoms with Gasteiger partial charge in [0, 0.05) is 68.2 Å². The third-order valence-electron chi connectivity index (χ3n) is 14.9. The van der Waals surface area contributed by atoms with Crippen molar-refractivity contribution in [2.75, 3.05) is 19.6 Å². The van der Waals surface area contributed by atoms with Gasteiger partial charge in [-0.1, -0.05) is 194 Å². The van der Waals surface area contributed by atoms with Gasteiger partial charge in [-0.2, -0.15) is 0 Å². The Morgan fingerprint density at radius 1 is 0.190 bits per heavy atom. The number of anilines is 12. The van der Waals surface area contributed by atoms with Crippen LogP contribution < -0.4 is 19.6 Å². The molecule has 0 atom stereocenters. The SMILES string of the molecule is Cc1ccccc1C(c1cc(N(c2ccccc2)c2ccccc2)cc(N(c2ccccc2)c2ccccc2)c1)(c1cc(N(c2ccccc2)c2ccccc2)cc(N(c2ccccc2)c2ccccc2)c1)c1ccccc1C. The Balaban J connectivity index is 1.28. The first-order valence-electron chi connectivity index (χ1n) is 27.1. The molecule has 0 radical (unpaired) electrons. The lowest BCUT2D eigenvalue weighted by Crippen LogP contribution is -2.34. The highest BCUT2D eigenvalue weighted by atomic mass is 15.2. The van der Waals surface area contributed by atoms with Crippen LogP contribution in [0.4, 0.5) is 68.2 Å². The van der Waals surface area contributed by atoms with Crippen LogP contribution >= 0.6 is 0 Å². The molecule has 12 aromatic carbocycles. The molecule has 12 rings (SSSR count). The van der Waals surface area contributed by atoms with Crippen molar-refractivity contribution in [2.24, 2.45) is 0 Å². The Bertz CT molecular complexity index is 3290. The Morgan fingerprint density at radius 3 is 0.557 bits per heavy atom. The van der Waals surface area contributed by atoms with Crippen molar-refractivity contribution < 1.29 is 0 Å². The second-order valence-electron chi connectivity index (χ2n) is 19.9. The maximum atomic E-state index is 2.46. The zero-order chi connectivity index (χ0) is 53.4. The van der Waals surface area contributed by atoms with Crippen molar-refractivity contribution in [3.63, 3.8) is 0 Å². The average Bonchev–Trinajstić information content (AvgIpc) is 3.70. The summed E-state index contributed by atoms with van der Waals surface area (Å²) in [5.41, 5.74) is 18.3. The van der Waals surface area contributed by atoms with Crippen molar-refractivity contribution in [3.05, 3.63) is 361 Å². The molecule has 0 saturated carbocycles. The van der Waals surface area contributed by atoms with Gasteiger partial charge in [-0.15, -0.1) is 0 Å². The molecule has 79 heavy (non-hydrogen) atoms. The van der Waals surface area contributed by atoms with E-state index in [0.717, 1.165) is 79.4 Å². The molecule has 0 aromatic heterocycles. The topological polar surface area (TPSA) is 13.0 Å². The molecule has 0 saturated heterocycles. The molecule has 12 aromatic rings. The van der Waals surface area contributed by atoms with Gasteiger partial charge in [0.1, 0.15) is 0 Å². The van der Waals surface area contributed by atoms with Crippen LogP contribution in [-0.4, -0.2) is 0 Å². The molecule has 0 amide bonds. The fourth-order valence-electron chi connectivity index (χ4n) is 11.5. The lowest BCUT2D eigenvalue weighted by atomic mass is 9.62. The van der Waals surface area contributed by atoms with Crippen LogP contribution in [0.3, 0.4) is 0 Å². The summed E-state index contributed by atoms with van der Waals surface area (Å²) in [6.45, 7) is 4.55. The van der Waals surface area contributed by atoms with E-state index < -0.39 is 5.41 Å². The van der Waals surface area contributed by atoms with E-state index in [1.807, 2.05) is 0 Å². The Kier molecular flexibility index (Phi) is 14.2. The minimum Gasteiger partial charge on any atom is -0.310 e. The van der Waals surface area contributed by atoms with E-state index in [1.54, 1.807) is 0 Å². The molecule has 0 aliphatic rings. The zero-order valence-electron chi connectivity index (χ0n) is 44.5. The lowest BCUT2D eigenvalue weighted by molar-refractivity contribution is 0.732. The Hall–Kier alpha value is -10.2. The standard InChI is InChI=1S/C75H60N4/c1-57-31-27-29-49-73(57)75(74-50-30-28-32-58(74)2,59-51-69(76(61-33-11-3-12-34-61)62-35-13-4-14-36-62)55-70(52-59)77(63-37-15-5-16-38-63)64-39-17-6-18-40-64)60-53-71(78(65-41-19-7-20-42-65)66-43-21-8-22-44-66)56-72(54-60)79(67-45-23-9-24-46-67)68-47-25-10-26-48-68/h3-56H,1-2H3. The number of rotatable bonds is 16. The molecule has 0 aliphatic heterocycles. The van der Waals surface area contributed by atoms with E-state index in [1.165, 1.54) is 22.3 Å². The third-order valence-corrected chi connectivity index (χ3v) is 14.9. The fourth-order valence-corrected chi connectivity index (χ4v) is 11.5.